The van der Waals surface area contributed by atoms with Crippen molar-refractivity contribution >= 4 is 5.97 Å². The average Bonchev–Trinajstić information content (AvgIpc) is 1.84. The Labute approximate surface area is 65.5 Å². The molecule has 0 atom stereocenters. The number of methoxy groups -OCH3 is 1. The van der Waals surface area contributed by atoms with Gasteiger partial charge in [-0.15, -0.1) is 0 Å². The first kappa shape index (κ1) is 8.49. The highest BCUT2D eigenvalue weighted by Gasteiger charge is 2.28. The molecular weight excluding hydrogens is 146 g/mol. The van der Waals surface area contributed by atoms with Crippen molar-refractivity contribution < 1.29 is 14.6 Å². The minimum atomic E-state index is -0.800. The fraction of sp³-hybridized carbons (Fsp3) is 0.857. The zero-order chi connectivity index (χ0) is 8.27. The predicted octanol–water partition coefficient (Wildman–Crippen LogP) is -0.162. The molecular formula is C7H13NO3. The maximum Gasteiger partial charge on any atom is 0.317 e. The molecule has 64 valence electrons. The molecule has 1 rings (SSSR count). The summed E-state index contributed by atoms with van der Waals surface area (Å²) in [4.78, 5) is 10.1. The summed E-state index contributed by atoms with van der Waals surface area (Å²) in [7, 11) is 1.68. The van der Waals surface area contributed by atoms with E-state index in [1.54, 1.807) is 7.11 Å². The molecule has 0 amide bonds. The maximum absolute atomic E-state index is 10.1. The van der Waals surface area contributed by atoms with Crippen molar-refractivity contribution in [1.29, 1.82) is 0 Å². The number of aliphatic carboxylic acids is 1. The Kier molecular flexibility index (Phi) is 2.84. The molecule has 0 aromatic heterocycles. The summed E-state index contributed by atoms with van der Waals surface area (Å²) in [6.07, 6.45) is 2.20. The molecule has 1 saturated carbocycles. The quantitative estimate of drug-likeness (QED) is 0.598. The zero-order valence-corrected chi connectivity index (χ0v) is 6.54. The summed E-state index contributed by atoms with van der Waals surface area (Å²) < 4.78 is 5.04. The third-order valence-corrected chi connectivity index (χ3v) is 1.97. The molecule has 0 unspecified atom stereocenters. The van der Waals surface area contributed by atoms with Crippen LogP contribution in [0.3, 0.4) is 0 Å². The number of ether oxygens (including phenoxy) is 1. The molecule has 0 radical (unpaired) electrons. The number of rotatable bonds is 4. The molecule has 0 heterocycles. The first-order valence-corrected chi connectivity index (χ1v) is 3.70. The number of hydrogen-bond donors (Lipinski definition) is 2. The van der Waals surface area contributed by atoms with Crippen LogP contribution in [-0.2, 0) is 9.53 Å². The van der Waals surface area contributed by atoms with Crippen LogP contribution in [-0.4, -0.2) is 36.9 Å². The summed E-state index contributed by atoms with van der Waals surface area (Å²) in [6.45, 7) is 0.0566. The van der Waals surface area contributed by atoms with Gasteiger partial charge in [0.25, 0.3) is 0 Å². The van der Waals surface area contributed by atoms with Crippen LogP contribution in [0.5, 0.6) is 0 Å². The van der Waals surface area contributed by atoms with Crippen LogP contribution in [0, 0.1) is 0 Å². The highest BCUT2D eigenvalue weighted by Crippen LogP contribution is 2.21. The molecule has 0 aliphatic heterocycles. The van der Waals surface area contributed by atoms with Crippen molar-refractivity contribution in [2.24, 2.45) is 0 Å². The van der Waals surface area contributed by atoms with Gasteiger partial charge in [0.2, 0.25) is 0 Å². The smallest absolute Gasteiger partial charge is 0.317 e. The molecule has 1 aliphatic rings. The van der Waals surface area contributed by atoms with E-state index in [9.17, 15) is 4.79 Å². The van der Waals surface area contributed by atoms with Crippen LogP contribution in [0.1, 0.15) is 12.8 Å². The van der Waals surface area contributed by atoms with Crippen molar-refractivity contribution in [2.75, 3.05) is 13.7 Å². The molecule has 11 heavy (non-hydrogen) atoms. The van der Waals surface area contributed by atoms with Crippen molar-refractivity contribution in [2.45, 2.75) is 25.0 Å². The summed E-state index contributed by atoms with van der Waals surface area (Å²) >= 11 is 0. The summed E-state index contributed by atoms with van der Waals surface area (Å²) in [5.74, 6) is -0.800. The minimum absolute atomic E-state index is 0.0566. The Morgan fingerprint density at radius 2 is 2.36 bits per heavy atom. The van der Waals surface area contributed by atoms with Gasteiger partial charge in [-0.25, -0.2) is 0 Å². The molecule has 0 saturated heterocycles. The lowest BCUT2D eigenvalue weighted by Gasteiger charge is -2.34. The molecule has 1 fully saturated rings. The monoisotopic (exact) mass is 159 g/mol. The molecule has 0 spiro atoms. The SMILES string of the molecule is COC1CC(NCC(=O)O)C1. The Hall–Kier alpha value is -0.610. The van der Waals surface area contributed by atoms with Crippen LogP contribution in [0.15, 0.2) is 0 Å². The zero-order valence-electron chi connectivity index (χ0n) is 6.54. The third-order valence-electron chi connectivity index (χ3n) is 1.97. The Morgan fingerprint density at radius 1 is 1.73 bits per heavy atom. The van der Waals surface area contributed by atoms with Gasteiger partial charge in [-0.05, 0) is 12.8 Å². The molecule has 0 bridgehead atoms. The van der Waals surface area contributed by atoms with Gasteiger partial charge in [0.05, 0.1) is 12.6 Å². The van der Waals surface area contributed by atoms with Crippen LogP contribution in [0.4, 0.5) is 0 Å². The number of nitrogens with one attached hydrogen (secondary N) is 1. The summed E-state index contributed by atoms with van der Waals surface area (Å²) in [5.41, 5.74) is 0. The fourth-order valence-corrected chi connectivity index (χ4v) is 1.16. The standard InChI is InChI=1S/C7H13NO3/c1-11-6-2-5(3-6)8-4-7(9)10/h5-6,8H,2-4H2,1H3,(H,9,10). The summed E-state index contributed by atoms with van der Waals surface area (Å²) in [6, 6.07) is 0.344. The van der Waals surface area contributed by atoms with E-state index in [2.05, 4.69) is 5.32 Å². The Bertz CT molecular complexity index is 143. The molecule has 2 N–H and O–H groups in total. The number of carboxylic acids is 1. The minimum Gasteiger partial charge on any atom is -0.480 e. The lowest BCUT2D eigenvalue weighted by Crippen LogP contribution is -2.46. The normalized spacial score (nSPS) is 29.5. The predicted molar refractivity (Wildman–Crippen MR) is 39.5 cm³/mol. The first-order valence-electron chi connectivity index (χ1n) is 3.70. The second-order valence-corrected chi connectivity index (χ2v) is 2.80. The molecule has 4 nitrogen and oxygen atoms in total. The van der Waals surface area contributed by atoms with E-state index in [4.69, 9.17) is 9.84 Å². The van der Waals surface area contributed by atoms with Gasteiger partial charge in [0, 0.05) is 13.2 Å². The van der Waals surface area contributed by atoms with Gasteiger partial charge in [-0.3, -0.25) is 4.79 Å². The topological polar surface area (TPSA) is 58.6 Å². The molecule has 0 aromatic carbocycles. The van der Waals surface area contributed by atoms with Gasteiger partial charge < -0.3 is 15.2 Å². The molecule has 0 aromatic rings. The van der Waals surface area contributed by atoms with E-state index in [1.807, 2.05) is 0 Å². The van der Waals surface area contributed by atoms with Crippen molar-refractivity contribution in [3.05, 3.63) is 0 Å². The van der Waals surface area contributed by atoms with Crippen molar-refractivity contribution in [3.63, 3.8) is 0 Å². The van der Waals surface area contributed by atoms with Gasteiger partial charge in [0.15, 0.2) is 0 Å². The van der Waals surface area contributed by atoms with Gasteiger partial charge in [-0.2, -0.15) is 0 Å². The van der Waals surface area contributed by atoms with Crippen LogP contribution in [0.2, 0.25) is 0 Å². The highest BCUT2D eigenvalue weighted by molar-refractivity contribution is 5.69. The molecule has 1 aliphatic carbocycles. The van der Waals surface area contributed by atoms with E-state index in [0.717, 1.165) is 12.8 Å². The van der Waals surface area contributed by atoms with Gasteiger partial charge in [-0.1, -0.05) is 0 Å². The lowest BCUT2D eigenvalue weighted by atomic mass is 9.89. The van der Waals surface area contributed by atoms with Crippen LogP contribution in [0.25, 0.3) is 0 Å². The van der Waals surface area contributed by atoms with E-state index in [-0.39, 0.29) is 6.54 Å². The van der Waals surface area contributed by atoms with E-state index < -0.39 is 5.97 Å². The molecule has 4 heteroatoms. The lowest BCUT2D eigenvalue weighted by molar-refractivity contribution is -0.136. The van der Waals surface area contributed by atoms with Crippen molar-refractivity contribution in [3.8, 4) is 0 Å². The van der Waals surface area contributed by atoms with Crippen molar-refractivity contribution in [1.82, 2.24) is 5.32 Å². The van der Waals surface area contributed by atoms with Gasteiger partial charge in [0.1, 0.15) is 0 Å². The number of carboxylic acid groups (broad SMARTS) is 1. The Morgan fingerprint density at radius 3 is 2.82 bits per heavy atom. The second-order valence-electron chi connectivity index (χ2n) is 2.80. The maximum atomic E-state index is 10.1. The highest BCUT2D eigenvalue weighted by atomic mass is 16.5. The van der Waals surface area contributed by atoms with E-state index in [0.29, 0.717) is 12.1 Å². The van der Waals surface area contributed by atoms with E-state index in [1.165, 1.54) is 0 Å². The number of hydrogen-bond acceptors (Lipinski definition) is 3. The first-order chi connectivity index (χ1) is 5.22. The Balaban J connectivity index is 2.00. The number of carbonyl (C=O) groups is 1. The fourth-order valence-electron chi connectivity index (χ4n) is 1.16. The van der Waals surface area contributed by atoms with Crippen LogP contribution < -0.4 is 5.32 Å². The average molecular weight is 159 g/mol. The second kappa shape index (κ2) is 3.69. The van der Waals surface area contributed by atoms with Gasteiger partial charge >= 0.3 is 5.97 Å². The summed E-state index contributed by atoms with van der Waals surface area (Å²) in [5, 5.41) is 11.2. The van der Waals surface area contributed by atoms with E-state index >= 15 is 0 Å². The van der Waals surface area contributed by atoms with Crippen LogP contribution >= 0.6 is 0 Å². The third kappa shape index (κ3) is 2.48. The largest absolute Gasteiger partial charge is 0.480 e.